The van der Waals surface area contributed by atoms with Gasteiger partial charge >= 0.3 is 0 Å². The van der Waals surface area contributed by atoms with Crippen molar-refractivity contribution in [2.75, 3.05) is 0 Å². The van der Waals surface area contributed by atoms with Crippen LogP contribution in [-0.4, -0.2) is 4.98 Å². The minimum Gasteiger partial charge on any atom is -0.453 e. The lowest BCUT2D eigenvalue weighted by molar-refractivity contribution is 0.611. The number of para-hydroxylation sites is 1. The van der Waals surface area contributed by atoms with Crippen LogP contribution in [-0.2, 0) is 0 Å². The predicted octanol–water partition coefficient (Wildman–Crippen LogP) is 2.91. The SMILES string of the molecule is Cc1cc(=O)cc2oc3cccc(C)c3nc1-2. The van der Waals surface area contributed by atoms with Gasteiger partial charge in [-0.3, -0.25) is 4.79 Å². The second-order valence-electron chi connectivity index (χ2n) is 4.22. The topological polar surface area (TPSA) is 43.1 Å². The van der Waals surface area contributed by atoms with E-state index in [1.807, 2.05) is 32.0 Å². The third-order valence-corrected chi connectivity index (χ3v) is 2.88. The average molecular weight is 225 g/mol. The lowest BCUT2D eigenvalue weighted by Crippen LogP contribution is -2.03. The summed E-state index contributed by atoms with van der Waals surface area (Å²) in [5.74, 6) is 0.549. The Hall–Kier alpha value is -2.16. The zero-order chi connectivity index (χ0) is 12.0. The average Bonchev–Trinajstić information content (AvgIpc) is 2.27. The molecule has 17 heavy (non-hydrogen) atoms. The van der Waals surface area contributed by atoms with E-state index >= 15 is 0 Å². The molecule has 0 saturated carbocycles. The van der Waals surface area contributed by atoms with Crippen molar-refractivity contribution in [2.24, 2.45) is 0 Å². The molecule has 84 valence electrons. The highest BCUT2D eigenvalue weighted by atomic mass is 16.3. The maximum Gasteiger partial charge on any atom is 0.182 e. The first-order valence-corrected chi connectivity index (χ1v) is 5.46. The van der Waals surface area contributed by atoms with Crippen molar-refractivity contribution < 1.29 is 4.42 Å². The lowest BCUT2D eigenvalue weighted by Gasteiger charge is -2.09. The predicted molar refractivity (Wildman–Crippen MR) is 66.4 cm³/mol. The van der Waals surface area contributed by atoms with Crippen LogP contribution in [0.25, 0.3) is 22.6 Å². The molecule has 1 aromatic carbocycles. The first-order valence-electron chi connectivity index (χ1n) is 5.46. The fourth-order valence-corrected chi connectivity index (χ4v) is 2.02. The van der Waals surface area contributed by atoms with Crippen LogP contribution in [0, 0.1) is 13.8 Å². The standard InChI is InChI=1S/C14H11NO2/c1-8-4-3-5-11-13(8)15-14-9(2)6-10(16)7-12(14)17-11/h3-7H,1-2H3. The Morgan fingerprint density at radius 1 is 1.12 bits per heavy atom. The third kappa shape index (κ3) is 1.51. The Balaban J connectivity index is 2.54. The van der Waals surface area contributed by atoms with Crippen LogP contribution >= 0.6 is 0 Å². The van der Waals surface area contributed by atoms with Crippen molar-refractivity contribution in [3.63, 3.8) is 0 Å². The minimum absolute atomic E-state index is 0.0486. The van der Waals surface area contributed by atoms with E-state index in [0.717, 1.165) is 22.3 Å². The Labute approximate surface area is 98.1 Å². The van der Waals surface area contributed by atoms with Crippen molar-refractivity contribution >= 4 is 11.1 Å². The van der Waals surface area contributed by atoms with E-state index in [1.54, 1.807) is 6.07 Å². The molecule has 1 heterocycles. The number of aromatic nitrogens is 1. The summed E-state index contributed by atoms with van der Waals surface area (Å²) in [4.78, 5) is 16.0. The number of benzene rings is 2. The van der Waals surface area contributed by atoms with Gasteiger partial charge in [0.2, 0.25) is 0 Å². The largest absolute Gasteiger partial charge is 0.453 e. The van der Waals surface area contributed by atoms with Crippen LogP contribution in [0.5, 0.6) is 0 Å². The smallest absolute Gasteiger partial charge is 0.182 e. The monoisotopic (exact) mass is 225 g/mol. The molecule has 3 rings (SSSR count). The van der Waals surface area contributed by atoms with Gasteiger partial charge in [-0.1, -0.05) is 12.1 Å². The summed E-state index contributed by atoms with van der Waals surface area (Å²) in [7, 11) is 0. The summed E-state index contributed by atoms with van der Waals surface area (Å²) in [6.45, 7) is 3.87. The molecule has 0 N–H and O–H groups in total. The molecular weight excluding hydrogens is 214 g/mol. The molecule has 0 radical (unpaired) electrons. The summed E-state index contributed by atoms with van der Waals surface area (Å²) in [6, 6.07) is 8.84. The lowest BCUT2D eigenvalue weighted by atomic mass is 10.1. The number of aryl methyl sites for hydroxylation is 2. The number of nitrogens with zero attached hydrogens (tertiary/aromatic N) is 1. The first kappa shape index (κ1) is 10.0. The number of rotatable bonds is 0. The number of hydrogen-bond acceptors (Lipinski definition) is 3. The van der Waals surface area contributed by atoms with Crippen molar-refractivity contribution in [3.8, 4) is 11.5 Å². The maximum atomic E-state index is 11.4. The van der Waals surface area contributed by atoms with E-state index in [4.69, 9.17) is 4.42 Å². The molecule has 0 spiro atoms. The number of fused-ring (bicyclic) bond motifs is 2. The second-order valence-corrected chi connectivity index (χ2v) is 4.22. The Kier molecular flexibility index (Phi) is 2.01. The zero-order valence-electron chi connectivity index (χ0n) is 9.65. The molecule has 2 aliphatic rings. The number of hydrogen-bond donors (Lipinski definition) is 0. The summed E-state index contributed by atoms with van der Waals surface area (Å²) in [5, 5.41) is 0. The Morgan fingerprint density at radius 2 is 1.94 bits per heavy atom. The Bertz CT molecular complexity index is 743. The van der Waals surface area contributed by atoms with E-state index < -0.39 is 0 Å². The van der Waals surface area contributed by atoms with Gasteiger partial charge in [-0.15, -0.1) is 0 Å². The van der Waals surface area contributed by atoms with Crippen molar-refractivity contribution in [3.05, 3.63) is 51.7 Å². The van der Waals surface area contributed by atoms with Crippen molar-refractivity contribution in [1.29, 1.82) is 0 Å². The molecule has 1 aromatic rings. The van der Waals surface area contributed by atoms with E-state index in [0.29, 0.717) is 11.3 Å². The van der Waals surface area contributed by atoms with E-state index in [9.17, 15) is 4.79 Å². The minimum atomic E-state index is -0.0486. The molecule has 0 saturated heterocycles. The van der Waals surface area contributed by atoms with Crippen molar-refractivity contribution in [2.45, 2.75) is 13.8 Å². The van der Waals surface area contributed by atoms with Crippen LogP contribution < -0.4 is 5.43 Å². The normalized spacial score (nSPS) is 11.2. The van der Waals surface area contributed by atoms with Crippen LogP contribution in [0.4, 0.5) is 0 Å². The summed E-state index contributed by atoms with van der Waals surface area (Å²) in [5.41, 5.74) is 4.18. The molecule has 0 atom stereocenters. The highest BCUT2D eigenvalue weighted by Crippen LogP contribution is 2.27. The van der Waals surface area contributed by atoms with E-state index in [2.05, 4.69) is 4.98 Å². The second kappa shape index (κ2) is 3.42. The molecule has 3 nitrogen and oxygen atoms in total. The molecule has 0 fully saturated rings. The van der Waals surface area contributed by atoms with Gasteiger partial charge in [-0.25, -0.2) is 4.98 Å². The van der Waals surface area contributed by atoms with Crippen LogP contribution in [0.1, 0.15) is 11.1 Å². The first-order chi connectivity index (χ1) is 8.15. The van der Waals surface area contributed by atoms with E-state index in [-0.39, 0.29) is 5.43 Å². The third-order valence-electron chi connectivity index (χ3n) is 2.88. The van der Waals surface area contributed by atoms with Gasteiger partial charge in [0.15, 0.2) is 16.8 Å². The zero-order valence-corrected chi connectivity index (χ0v) is 9.65. The highest BCUT2D eigenvalue weighted by Gasteiger charge is 2.13. The summed E-state index contributed by atoms with van der Waals surface area (Å²) >= 11 is 0. The van der Waals surface area contributed by atoms with Crippen LogP contribution in [0.15, 0.2) is 39.5 Å². The molecule has 0 aromatic heterocycles. The van der Waals surface area contributed by atoms with Gasteiger partial charge < -0.3 is 4.42 Å². The van der Waals surface area contributed by atoms with Gasteiger partial charge in [-0.2, -0.15) is 0 Å². The summed E-state index contributed by atoms with van der Waals surface area (Å²) < 4.78 is 5.73. The highest BCUT2D eigenvalue weighted by molar-refractivity contribution is 5.79. The Morgan fingerprint density at radius 3 is 2.76 bits per heavy atom. The summed E-state index contributed by atoms with van der Waals surface area (Å²) in [6.07, 6.45) is 0. The van der Waals surface area contributed by atoms with Gasteiger partial charge in [0.1, 0.15) is 11.2 Å². The molecule has 3 heteroatoms. The molecule has 0 bridgehead atoms. The van der Waals surface area contributed by atoms with Gasteiger partial charge in [0, 0.05) is 6.07 Å². The van der Waals surface area contributed by atoms with Crippen LogP contribution in [0.3, 0.4) is 0 Å². The van der Waals surface area contributed by atoms with E-state index in [1.165, 1.54) is 6.07 Å². The molecular formula is C14H11NO2. The fourth-order valence-electron chi connectivity index (χ4n) is 2.02. The molecule has 1 aliphatic heterocycles. The quantitative estimate of drug-likeness (QED) is 0.552. The van der Waals surface area contributed by atoms with Gasteiger partial charge in [0.25, 0.3) is 0 Å². The van der Waals surface area contributed by atoms with Gasteiger partial charge in [0.05, 0.1) is 0 Å². The van der Waals surface area contributed by atoms with Crippen LogP contribution in [0.2, 0.25) is 0 Å². The molecule has 0 amide bonds. The molecule has 1 aliphatic carbocycles. The maximum absolute atomic E-state index is 11.4. The fraction of sp³-hybridized carbons (Fsp3) is 0.143. The molecule has 0 unspecified atom stereocenters. The van der Waals surface area contributed by atoms with Crippen molar-refractivity contribution in [1.82, 2.24) is 4.98 Å². The van der Waals surface area contributed by atoms with Gasteiger partial charge in [-0.05, 0) is 37.1 Å².